The minimum atomic E-state index is -0.806. The Labute approximate surface area is 180 Å². The lowest BCUT2D eigenvalue weighted by molar-refractivity contribution is 0.0925. The lowest BCUT2D eigenvalue weighted by atomic mass is 9.94. The van der Waals surface area contributed by atoms with Crippen molar-refractivity contribution in [2.75, 3.05) is 0 Å². The van der Waals surface area contributed by atoms with E-state index < -0.39 is 18.2 Å². The molecule has 3 atom stereocenters. The first-order chi connectivity index (χ1) is 14.6. The molecule has 0 radical (unpaired) electrons. The number of nitrogens with zero attached hydrogens (tertiary/aromatic N) is 1. The first-order valence-corrected chi connectivity index (χ1v) is 10.8. The van der Waals surface area contributed by atoms with E-state index >= 15 is 0 Å². The zero-order valence-electron chi connectivity index (χ0n) is 16.7. The normalized spacial score (nSPS) is 13.9. The second-order valence-electron chi connectivity index (χ2n) is 7.24. The van der Waals surface area contributed by atoms with Crippen LogP contribution < -0.4 is 11.1 Å². The molecule has 2 aromatic carbocycles. The van der Waals surface area contributed by atoms with Gasteiger partial charge in [0.05, 0.1) is 22.5 Å². The first-order valence-electron chi connectivity index (χ1n) is 9.92. The van der Waals surface area contributed by atoms with Gasteiger partial charge in [-0.1, -0.05) is 60.7 Å². The Bertz CT molecular complexity index is 875. The van der Waals surface area contributed by atoms with Gasteiger partial charge < -0.3 is 20.9 Å². The largest absolute Gasteiger partial charge is 0.444 e. The number of nitrogens with two attached hydrogens (primary N) is 1. The zero-order chi connectivity index (χ0) is 21.2. The van der Waals surface area contributed by atoms with Crippen molar-refractivity contribution in [3.63, 3.8) is 0 Å². The van der Waals surface area contributed by atoms with Crippen LogP contribution in [0.3, 0.4) is 0 Å². The van der Waals surface area contributed by atoms with Crippen LogP contribution in [0.25, 0.3) is 0 Å². The highest BCUT2D eigenvalue weighted by Gasteiger charge is 2.24. The van der Waals surface area contributed by atoms with Crippen molar-refractivity contribution in [1.29, 1.82) is 0 Å². The number of amides is 1. The van der Waals surface area contributed by atoms with Gasteiger partial charge >= 0.3 is 6.09 Å². The number of hydrogen-bond acceptors (Lipinski definition) is 6. The lowest BCUT2D eigenvalue weighted by Gasteiger charge is -2.26. The Balaban J connectivity index is 1.59. The SMILES string of the molecule is NC(Cc1ccccc1)CC(O)C(Cc1ccccc1)NC(=O)OCc1cncs1. The fourth-order valence-corrected chi connectivity index (χ4v) is 3.77. The molecular weight excluding hydrogens is 398 g/mol. The summed E-state index contributed by atoms with van der Waals surface area (Å²) in [6.45, 7) is 0.151. The van der Waals surface area contributed by atoms with Gasteiger partial charge in [0.15, 0.2) is 0 Å². The summed E-state index contributed by atoms with van der Waals surface area (Å²) in [7, 11) is 0. The molecule has 7 heteroatoms. The number of carbonyl (C=O) groups is 1. The summed E-state index contributed by atoms with van der Waals surface area (Å²) in [5.74, 6) is 0. The number of nitrogens with one attached hydrogen (secondary N) is 1. The fraction of sp³-hybridized carbons (Fsp3) is 0.304. The van der Waals surface area contributed by atoms with Gasteiger partial charge in [-0.2, -0.15) is 0 Å². The van der Waals surface area contributed by atoms with E-state index in [1.54, 1.807) is 11.7 Å². The van der Waals surface area contributed by atoms with Crippen molar-refractivity contribution in [3.8, 4) is 0 Å². The van der Waals surface area contributed by atoms with Crippen LogP contribution in [0.2, 0.25) is 0 Å². The average Bonchev–Trinajstić information content (AvgIpc) is 3.27. The van der Waals surface area contributed by atoms with E-state index in [2.05, 4.69) is 10.3 Å². The second-order valence-corrected chi connectivity index (χ2v) is 8.21. The van der Waals surface area contributed by atoms with Gasteiger partial charge in [0.25, 0.3) is 0 Å². The maximum atomic E-state index is 12.3. The number of aromatic nitrogens is 1. The molecule has 4 N–H and O–H groups in total. The predicted octanol–water partition coefficient (Wildman–Crippen LogP) is 3.30. The van der Waals surface area contributed by atoms with E-state index in [-0.39, 0.29) is 12.6 Å². The molecule has 3 aromatic rings. The molecule has 0 aliphatic rings. The van der Waals surface area contributed by atoms with Crippen LogP contribution in [-0.4, -0.2) is 34.4 Å². The number of aliphatic hydroxyl groups is 1. The second kappa shape index (κ2) is 11.4. The van der Waals surface area contributed by atoms with Crippen LogP contribution in [0.15, 0.2) is 72.4 Å². The molecule has 3 unspecified atom stereocenters. The van der Waals surface area contributed by atoms with Gasteiger partial charge in [0.1, 0.15) is 6.61 Å². The predicted molar refractivity (Wildman–Crippen MR) is 118 cm³/mol. The molecule has 30 heavy (non-hydrogen) atoms. The van der Waals surface area contributed by atoms with Crippen LogP contribution >= 0.6 is 11.3 Å². The average molecular weight is 426 g/mol. The number of ether oxygens (including phenoxy) is 1. The van der Waals surface area contributed by atoms with E-state index in [1.165, 1.54) is 11.3 Å². The van der Waals surface area contributed by atoms with Gasteiger partial charge in [0, 0.05) is 12.2 Å². The van der Waals surface area contributed by atoms with Gasteiger partial charge in [-0.05, 0) is 30.4 Å². The Kier molecular flexibility index (Phi) is 8.38. The van der Waals surface area contributed by atoms with E-state index in [4.69, 9.17) is 10.5 Å². The van der Waals surface area contributed by atoms with Crippen LogP contribution in [-0.2, 0) is 24.2 Å². The third kappa shape index (κ3) is 7.26. The van der Waals surface area contributed by atoms with Crippen molar-refractivity contribution in [2.45, 2.75) is 44.1 Å². The third-order valence-electron chi connectivity index (χ3n) is 4.78. The number of thiazole rings is 1. The standard InChI is InChI=1S/C23H27N3O3S/c24-19(11-17-7-3-1-4-8-17)13-22(27)21(12-18-9-5-2-6-10-18)26-23(28)29-15-20-14-25-16-30-20/h1-10,14,16,19,21-22,27H,11-13,15,24H2,(H,26,28). The summed E-state index contributed by atoms with van der Waals surface area (Å²) >= 11 is 1.42. The molecule has 0 spiro atoms. The van der Waals surface area contributed by atoms with Gasteiger partial charge in [0.2, 0.25) is 0 Å². The number of carbonyl (C=O) groups excluding carboxylic acids is 1. The Morgan fingerprint density at radius 1 is 1.07 bits per heavy atom. The zero-order valence-corrected chi connectivity index (χ0v) is 17.5. The molecule has 0 saturated heterocycles. The molecule has 0 aliphatic heterocycles. The van der Waals surface area contributed by atoms with Gasteiger partial charge in [-0.15, -0.1) is 11.3 Å². The lowest BCUT2D eigenvalue weighted by Crippen LogP contribution is -2.47. The van der Waals surface area contributed by atoms with Crippen LogP contribution in [0.5, 0.6) is 0 Å². The molecular formula is C23H27N3O3S. The minimum Gasteiger partial charge on any atom is -0.444 e. The third-order valence-corrected chi connectivity index (χ3v) is 5.53. The molecule has 0 saturated carbocycles. The van der Waals surface area contributed by atoms with Crippen LogP contribution in [0.1, 0.15) is 22.4 Å². The van der Waals surface area contributed by atoms with Crippen molar-refractivity contribution in [2.24, 2.45) is 5.73 Å². The molecule has 3 rings (SSSR count). The van der Waals surface area contributed by atoms with Crippen molar-refractivity contribution in [3.05, 3.63) is 88.4 Å². The Morgan fingerprint density at radius 2 is 1.70 bits per heavy atom. The summed E-state index contributed by atoms with van der Waals surface area (Å²) in [6, 6.07) is 18.9. The fourth-order valence-electron chi connectivity index (χ4n) is 3.27. The van der Waals surface area contributed by atoms with Gasteiger partial charge in [-0.25, -0.2) is 4.79 Å². The van der Waals surface area contributed by atoms with Crippen molar-refractivity contribution >= 4 is 17.4 Å². The number of benzene rings is 2. The topological polar surface area (TPSA) is 97.5 Å². The van der Waals surface area contributed by atoms with Crippen molar-refractivity contribution < 1.29 is 14.6 Å². The van der Waals surface area contributed by atoms with Crippen LogP contribution in [0, 0.1) is 0 Å². The highest BCUT2D eigenvalue weighted by Crippen LogP contribution is 2.13. The maximum absolute atomic E-state index is 12.3. The molecule has 0 fully saturated rings. The first kappa shape index (κ1) is 22.0. The molecule has 0 bridgehead atoms. The molecule has 1 amide bonds. The van der Waals surface area contributed by atoms with E-state index in [1.807, 2.05) is 60.7 Å². The van der Waals surface area contributed by atoms with Gasteiger partial charge in [-0.3, -0.25) is 4.98 Å². The van der Waals surface area contributed by atoms with E-state index in [0.717, 1.165) is 16.0 Å². The monoisotopic (exact) mass is 425 g/mol. The summed E-state index contributed by atoms with van der Waals surface area (Å²) in [5, 5.41) is 13.7. The Morgan fingerprint density at radius 3 is 2.30 bits per heavy atom. The smallest absolute Gasteiger partial charge is 0.407 e. The van der Waals surface area contributed by atoms with Crippen LogP contribution in [0.4, 0.5) is 4.79 Å². The number of rotatable bonds is 10. The number of hydrogen-bond donors (Lipinski definition) is 3. The van der Waals surface area contributed by atoms with Crippen molar-refractivity contribution in [1.82, 2.24) is 10.3 Å². The minimum absolute atomic E-state index is 0.151. The summed E-state index contributed by atoms with van der Waals surface area (Å²) in [5.41, 5.74) is 10.1. The Hall–Kier alpha value is -2.74. The molecule has 6 nitrogen and oxygen atoms in total. The highest BCUT2D eigenvalue weighted by atomic mass is 32.1. The summed E-state index contributed by atoms with van der Waals surface area (Å²) in [4.78, 5) is 17.2. The summed E-state index contributed by atoms with van der Waals surface area (Å²) in [6.07, 6.45) is 1.79. The number of aliphatic hydroxyl groups excluding tert-OH is 1. The summed E-state index contributed by atoms with van der Waals surface area (Å²) < 4.78 is 5.28. The quantitative estimate of drug-likeness (QED) is 0.463. The van der Waals surface area contributed by atoms with E-state index in [0.29, 0.717) is 19.3 Å². The highest BCUT2D eigenvalue weighted by molar-refractivity contribution is 7.09. The molecule has 1 aromatic heterocycles. The molecule has 158 valence electrons. The maximum Gasteiger partial charge on any atom is 0.407 e. The molecule has 0 aliphatic carbocycles. The van der Waals surface area contributed by atoms with E-state index in [9.17, 15) is 9.90 Å². The number of alkyl carbamates (subject to hydrolysis) is 1. The molecule has 1 heterocycles.